The molecule has 2 N–H and O–H groups in total. The zero-order chi connectivity index (χ0) is 20.4. The number of fused-ring (bicyclic) bond motifs is 1. The summed E-state index contributed by atoms with van der Waals surface area (Å²) in [6.07, 6.45) is 7.47. The molecule has 6 rings (SSSR count). The molecule has 0 spiro atoms. The minimum Gasteiger partial charge on any atom is -0.444 e. The monoisotopic (exact) mass is 400 g/mol. The Morgan fingerprint density at radius 1 is 1.14 bits per heavy atom. The number of hydrogen-bond donors (Lipinski definition) is 2. The second-order valence-corrected chi connectivity index (χ2v) is 10.8. The SMILES string of the molecule is CC(C)(C)OC(=O)N1CCc2c(NC(=O)C34CC5CC(CC(C5)C3)C4)n[nH]c2C1. The third-order valence-corrected chi connectivity index (χ3v) is 7.34. The minimum absolute atomic E-state index is 0.167. The van der Waals surface area contributed by atoms with Gasteiger partial charge in [0.05, 0.1) is 17.7 Å². The highest BCUT2D eigenvalue weighted by molar-refractivity contribution is 5.95. The molecule has 7 heteroatoms. The average molecular weight is 401 g/mol. The molecule has 2 heterocycles. The maximum absolute atomic E-state index is 13.3. The fourth-order valence-electron chi connectivity index (χ4n) is 6.53. The Kier molecular flexibility index (Phi) is 4.23. The first-order chi connectivity index (χ1) is 13.7. The van der Waals surface area contributed by atoms with Crippen LogP contribution in [0.1, 0.15) is 70.6 Å². The number of aromatic amines is 1. The summed E-state index contributed by atoms with van der Waals surface area (Å²) in [5, 5.41) is 10.6. The number of amides is 2. The van der Waals surface area contributed by atoms with Gasteiger partial charge in [0, 0.05) is 12.1 Å². The molecule has 4 fully saturated rings. The van der Waals surface area contributed by atoms with Crippen molar-refractivity contribution in [3.8, 4) is 0 Å². The maximum Gasteiger partial charge on any atom is 0.410 e. The molecule has 0 saturated heterocycles. The Morgan fingerprint density at radius 3 is 2.34 bits per heavy atom. The van der Waals surface area contributed by atoms with Crippen molar-refractivity contribution in [3.63, 3.8) is 0 Å². The summed E-state index contributed by atoms with van der Waals surface area (Å²) in [5.41, 5.74) is 1.23. The Bertz CT molecular complexity index is 802. The highest BCUT2D eigenvalue weighted by atomic mass is 16.6. The lowest BCUT2D eigenvalue weighted by atomic mass is 9.49. The first-order valence-corrected chi connectivity index (χ1v) is 11.1. The quantitative estimate of drug-likeness (QED) is 0.789. The predicted molar refractivity (Wildman–Crippen MR) is 108 cm³/mol. The highest BCUT2D eigenvalue weighted by Crippen LogP contribution is 2.60. The van der Waals surface area contributed by atoms with Crippen LogP contribution in [0.15, 0.2) is 0 Å². The van der Waals surface area contributed by atoms with Gasteiger partial charge >= 0.3 is 6.09 Å². The Morgan fingerprint density at radius 2 is 1.76 bits per heavy atom. The first kappa shape index (κ1) is 18.9. The van der Waals surface area contributed by atoms with Crippen LogP contribution in [0.4, 0.5) is 10.6 Å². The summed E-state index contributed by atoms with van der Waals surface area (Å²) in [5.74, 6) is 3.04. The van der Waals surface area contributed by atoms with Crippen LogP contribution in [0.5, 0.6) is 0 Å². The maximum atomic E-state index is 13.3. The molecule has 4 bridgehead atoms. The minimum atomic E-state index is -0.512. The van der Waals surface area contributed by atoms with Crippen LogP contribution in [0.3, 0.4) is 0 Å². The number of rotatable bonds is 2. The van der Waals surface area contributed by atoms with Crippen molar-refractivity contribution < 1.29 is 14.3 Å². The van der Waals surface area contributed by atoms with Crippen molar-refractivity contribution in [1.82, 2.24) is 15.1 Å². The zero-order valence-corrected chi connectivity index (χ0v) is 17.7. The van der Waals surface area contributed by atoms with E-state index in [4.69, 9.17) is 4.74 Å². The molecule has 0 atom stereocenters. The number of ether oxygens (including phenoxy) is 1. The number of nitrogens with one attached hydrogen (secondary N) is 2. The molecule has 29 heavy (non-hydrogen) atoms. The average Bonchev–Trinajstić information content (AvgIpc) is 3.01. The van der Waals surface area contributed by atoms with Crippen LogP contribution < -0.4 is 5.32 Å². The van der Waals surface area contributed by atoms with Crippen molar-refractivity contribution in [3.05, 3.63) is 11.3 Å². The Balaban J connectivity index is 1.28. The fraction of sp³-hybridized carbons (Fsp3) is 0.773. The Labute approximate surface area is 171 Å². The molecule has 7 nitrogen and oxygen atoms in total. The van der Waals surface area contributed by atoms with E-state index >= 15 is 0 Å². The molecule has 5 aliphatic rings. The van der Waals surface area contributed by atoms with E-state index in [9.17, 15) is 9.59 Å². The lowest BCUT2D eigenvalue weighted by Gasteiger charge is -2.55. The van der Waals surface area contributed by atoms with Gasteiger partial charge in [-0.2, -0.15) is 5.10 Å². The smallest absolute Gasteiger partial charge is 0.410 e. The van der Waals surface area contributed by atoms with E-state index in [0.29, 0.717) is 25.3 Å². The van der Waals surface area contributed by atoms with Crippen molar-refractivity contribution >= 4 is 17.8 Å². The zero-order valence-electron chi connectivity index (χ0n) is 17.7. The predicted octanol–water partition coefficient (Wildman–Crippen LogP) is 3.86. The Hall–Kier alpha value is -2.05. The molecular formula is C22H32N4O3. The van der Waals surface area contributed by atoms with Gasteiger partial charge in [0.2, 0.25) is 5.91 Å². The molecule has 0 aromatic carbocycles. The first-order valence-electron chi connectivity index (χ1n) is 11.1. The van der Waals surface area contributed by atoms with Gasteiger partial charge in [-0.3, -0.25) is 9.89 Å². The molecule has 0 unspecified atom stereocenters. The van der Waals surface area contributed by atoms with Gasteiger partial charge in [-0.25, -0.2) is 4.79 Å². The van der Waals surface area contributed by atoms with Crippen LogP contribution >= 0.6 is 0 Å². The van der Waals surface area contributed by atoms with E-state index in [0.717, 1.165) is 48.3 Å². The van der Waals surface area contributed by atoms with Crippen LogP contribution in [0.2, 0.25) is 0 Å². The van der Waals surface area contributed by atoms with Gasteiger partial charge in [-0.05, 0) is 83.5 Å². The largest absolute Gasteiger partial charge is 0.444 e. The van der Waals surface area contributed by atoms with Crippen LogP contribution in [-0.2, 0) is 22.5 Å². The number of hydrogen-bond acceptors (Lipinski definition) is 4. The van der Waals surface area contributed by atoms with E-state index in [2.05, 4.69) is 15.5 Å². The van der Waals surface area contributed by atoms with Gasteiger partial charge in [0.1, 0.15) is 5.60 Å². The molecule has 4 aliphatic carbocycles. The van der Waals surface area contributed by atoms with E-state index in [1.165, 1.54) is 19.3 Å². The number of aromatic nitrogens is 2. The van der Waals surface area contributed by atoms with Crippen LogP contribution in [0.25, 0.3) is 0 Å². The number of nitrogens with zero attached hydrogens (tertiary/aromatic N) is 2. The highest BCUT2D eigenvalue weighted by Gasteiger charge is 2.54. The van der Waals surface area contributed by atoms with Crippen molar-refractivity contribution in [1.29, 1.82) is 0 Å². The molecule has 0 radical (unpaired) electrons. The molecule has 1 aliphatic heterocycles. The number of anilines is 1. The van der Waals surface area contributed by atoms with Crippen LogP contribution in [0, 0.1) is 23.2 Å². The van der Waals surface area contributed by atoms with Crippen molar-refractivity contribution in [2.75, 3.05) is 11.9 Å². The third-order valence-electron chi connectivity index (χ3n) is 7.34. The molecule has 2 amide bonds. The number of carbonyl (C=O) groups excluding carboxylic acids is 2. The van der Waals surface area contributed by atoms with Crippen molar-refractivity contribution in [2.45, 2.75) is 77.9 Å². The lowest BCUT2D eigenvalue weighted by Crippen LogP contribution is -2.51. The molecule has 1 aromatic heterocycles. The summed E-state index contributed by atoms with van der Waals surface area (Å²) < 4.78 is 5.48. The second kappa shape index (κ2) is 6.47. The van der Waals surface area contributed by atoms with Gasteiger partial charge in [0.25, 0.3) is 0 Å². The fourth-order valence-corrected chi connectivity index (χ4v) is 6.53. The summed E-state index contributed by atoms with van der Waals surface area (Å²) in [7, 11) is 0. The third kappa shape index (κ3) is 3.42. The summed E-state index contributed by atoms with van der Waals surface area (Å²) in [6.45, 7) is 6.61. The summed E-state index contributed by atoms with van der Waals surface area (Å²) in [4.78, 5) is 27.4. The van der Waals surface area contributed by atoms with E-state index in [1.807, 2.05) is 20.8 Å². The van der Waals surface area contributed by atoms with Gasteiger partial charge in [0.15, 0.2) is 5.82 Å². The van der Waals surface area contributed by atoms with E-state index in [-0.39, 0.29) is 17.4 Å². The van der Waals surface area contributed by atoms with E-state index in [1.54, 1.807) is 4.90 Å². The standard InChI is InChI=1S/C22H32N4O3/c1-21(2,3)29-20(28)26-5-4-16-17(12-26)24-25-18(16)23-19(27)22-9-13-6-14(10-22)8-15(7-13)11-22/h13-15H,4-12H2,1-3H3,(H2,23,24,25,27). The molecule has 1 aromatic rings. The van der Waals surface area contributed by atoms with Gasteiger partial charge in [-0.15, -0.1) is 0 Å². The number of carbonyl (C=O) groups is 2. The van der Waals surface area contributed by atoms with Crippen LogP contribution in [-0.4, -0.2) is 39.2 Å². The number of H-pyrrole nitrogens is 1. The van der Waals surface area contributed by atoms with Gasteiger partial charge < -0.3 is 15.0 Å². The molecule has 4 saturated carbocycles. The van der Waals surface area contributed by atoms with Gasteiger partial charge in [-0.1, -0.05) is 0 Å². The molecule has 158 valence electrons. The van der Waals surface area contributed by atoms with Crippen molar-refractivity contribution in [2.24, 2.45) is 23.2 Å². The summed E-state index contributed by atoms with van der Waals surface area (Å²) in [6, 6.07) is 0. The topological polar surface area (TPSA) is 87.3 Å². The summed E-state index contributed by atoms with van der Waals surface area (Å²) >= 11 is 0. The normalized spacial score (nSPS) is 32.8. The second-order valence-electron chi connectivity index (χ2n) is 10.8. The molecular weight excluding hydrogens is 368 g/mol. The lowest BCUT2D eigenvalue weighted by molar-refractivity contribution is -0.140. The van der Waals surface area contributed by atoms with E-state index < -0.39 is 5.60 Å².